The maximum absolute atomic E-state index is 12.7. The molecule has 22 heavy (non-hydrogen) atoms. The van der Waals surface area contributed by atoms with Crippen molar-refractivity contribution in [1.82, 2.24) is 9.62 Å². The summed E-state index contributed by atoms with van der Waals surface area (Å²) in [6.45, 7) is 2.29. The Labute approximate surface area is 144 Å². The van der Waals surface area contributed by atoms with E-state index in [4.69, 9.17) is 0 Å². The minimum absolute atomic E-state index is 0. The highest BCUT2D eigenvalue weighted by Gasteiger charge is 2.29. The number of halogens is 1. The lowest BCUT2D eigenvalue weighted by molar-refractivity contribution is 0.263. The summed E-state index contributed by atoms with van der Waals surface area (Å²) >= 11 is 1.57. The SMILES string of the molecule is CNCCC1CCN(S(=O)(=O)c2cccc(SC)c2)CC1.Cl. The van der Waals surface area contributed by atoms with Gasteiger partial charge in [-0.15, -0.1) is 24.2 Å². The third kappa shape index (κ3) is 4.86. The molecule has 1 saturated heterocycles. The molecule has 0 atom stereocenters. The van der Waals surface area contributed by atoms with Crippen LogP contribution < -0.4 is 5.32 Å². The predicted molar refractivity (Wildman–Crippen MR) is 95.5 cm³/mol. The van der Waals surface area contributed by atoms with Crippen molar-refractivity contribution in [3.8, 4) is 0 Å². The van der Waals surface area contributed by atoms with Gasteiger partial charge in [0.2, 0.25) is 10.0 Å². The first-order valence-corrected chi connectivity index (χ1v) is 10.0. The first-order valence-electron chi connectivity index (χ1n) is 7.36. The number of rotatable bonds is 6. The number of benzene rings is 1. The zero-order valence-electron chi connectivity index (χ0n) is 13.1. The van der Waals surface area contributed by atoms with Crippen LogP contribution in [0.15, 0.2) is 34.1 Å². The van der Waals surface area contributed by atoms with E-state index in [1.165, 1.54) is 0 Å². The van der Waals surface area contributed by atoms with Crippen LogP contribution in [0.4, 0.5) is 0 Å². The van der Waals surface area contributed by atoms with Crippen molar-refractivity contribution in [1.29, 1.82) is 0 Å². The number of sulfonamides is 1. The summed E-state index contributed by atoms with van der Waals surface area (Å²) in [6, 6.07) is 7.22. The predicted octanol–water partition coefficient (Wildman–Crippen LogP) is 2.84. The third-order valence-electron chi connectivity index (χ3n) is 4.06. The number of hydrogen-bond donors (Lipinski definition) is 1. The van der Waals surface area contributed by atoms with Crippen molar-refractivity contribution in [3.63, 3.8) is 0 Å². The smallest absolute Gasteiger partial charge is 0.243 e. The minimum atomic E-state index is -3.33. The second kappa shape index (κ2) is 9.13. The molecule has 0 aliphatic carbocycles. The Kier molecular flexibility index (Phi) is 8.21. The van der Waals surface area contributed by atoms with Crippen LogP contribution in [-0.4, -0.2) is 45.7 Å². The molecule has 2 rings (SSSR count). The van der Waals surface area contributed by atoms with Gasteiger partial charge in [-0.05, 0) is 63.2 Å². The standard InChI is InChI=1S/C15H24N2O2S2.ClH/c1-16-9-6-13-7-10-17(11-8-13)21(18,19)15-5-3-4-14(12-15)20-2;/h3-5,12-13,16H,6-11H2,1-2H3;1H. The maximum atomic E-state index is 12.7. The lowest BCUT2D eigenvalue weighted by atomic mass is 9.95. The molecule has 0 amide bonds. The van der Waals surface area contributed by atoms with Crippen LogP contribution in [0.1, 0.15) is 19.3 Å². The minimum Gasteiger partial charge on any atom is -0.320 e. The lowest BCUT2D eigenvalue weighted by Crippen LogP contribution is -2.38. The highest BCUT2D eigenvalue weighted by molar-refractivity contribution is 7.98. The monoisotopic (exact) mass is 364 g/mol. The highest BCUT2D eigenvalue weighted by atomic mass is 35.5. The van der Waals surface area contributed by atoms with E-state index in [-0.39, 0.29) is 12.4 Å². The lowest BCUT2D eigenvalue weighted by Gasteiger charge is -2.31. The Morgan fingerprint density at radius 3 is 2.59 bits per heavy atom. The number of nitrogens with zero attached hydrogens (tertiary/aromatic N) is 1. The average Bonchev–Trinajstić information content (AvgIpc) is 2.53. The van der Waals surface area contributed by atoms with Gasteiger partial charge in [0.05, 0.1) is 4.90 Å². The van der Waals surface area contributed by atoms with Crippen LogP contribution in [-0.2, 0) is 10.0 Å². The number of nitrogens with one attached hydrogen (secondary N) is 1. The fourth-order valence-electron chi connectivity index (χ4n) is 2.70. The van der Waals surface area contributed by atoms with Crippen molar-refractivity contribution in [2.75, 3.05) is 32.9 Å². The molecule has 0 bridgehead atoms. The largest absolute Gasteiger partial charge is 0.320 e. The van der Waals surface area contributed by atoms with Gasteiger partial charge in [-0.1, -0.05) is 6.07 Å². The topological polar surface area (TPSA) is 49.4 Å². The van der Waals surface area contributed by atoms with E-state index in [9.17, 15) is 8.42 Å². The van der Waals surface area contributed by atoms with Gasteiger partial charge in [-0.25, -0.2) is 8.42 Å². The first kappa shape index (κ1) is 19.8. The Morgan fingerprint density at radius 2 is 2.00 bits per heavy atom. The van der Waals surface area contributed by atoms with Crippen LogP contribution in [0.2, 0.25) is 0 Å². The third-order valence-corrected chi connectivity index (χ3v) is 6.68. The summed E-state index contributed by atoms with van der Waals surface area (Å²) in [5.74, 6) is 0.640. The quantitative estimate of drug-likeness (QED) is 0.788. The van der Waals surface area contributed by atoms with E-state index in [0.29, 0.717) is 23.9 Å². The molecule has 0 spiro atoms. The molecular weight excluding hydrogens is 340 g/mol. The molecular formula is C15H25ClN2O2S2. The zero-order valence-corrected chi connectivity index (χ0v) is 15.6. The Balaban J connectivity index is 0.00000242. The Hall–Kier alpha value is -0.270. The first-order chi connectivity index (χ1) is 10.1. The van der Waals surface area contributed by atoms with Crippen molar-refractivity contribution in [3.05, 3.63) is 24.3 Å². The van der Waals surface area contributed by atoms with Gasteiger partial charge >= 0.3 is 0 Å². The van der Waals surface area contributed by atoms with E-state index in [0.717, 1.165) is 30.7 Å². The van der Waals surface area contributed by atoms with Crippen LogP contribution in [0, 0.1) is 5.92 Å². The van der Waals surface area contributed by atoms with Gasteiger partial charge < -0.3 is 5.32 Å². The number of thioether (sulfide) groups is 1. The molecule has 0 saturated carbocycles. The zero-order chi connectivity index (χ0) is 15.3. The highest BCUT2D eigenvalue weighted by Crippen LogP contribution is 2.27. The van der Waals surface area contributed by atoms with Crippen LogP contribution in [0.25, 0.3) is 0 Å². The summed E-state index contributed by atoms with van der Waals surface area (Å²) < 4.78 is 27.0. The van der Waals surface area contributed by atoms with Crippen LogP contribution in [0.3, 0.4) is 0 Å². The molecule has 0 radical (unpaired) electrons. The van der Waals surface area contributed by atoms with Gasteiger partial charge in [0.25, 0.3) is 0 Å². The molecule has 4 nitrogen and oxygen atoms in total. The molecule has 0 unspecified atom stereocenters. The van der Waals surface area contributed by atoms with Gasteiger partial charge in [0, 0.05) is 18.0 Å². The fraction of sp³-hybridized carbons (Fsp3) is 0.600. The molecule has 126 valence electrons. The van der Waals surface area contributed by atoms with E-state index >= 15 is 0 Å². The maximum Gasteiger partial charge on any atom is 0.243 e. The molecule has 1 fully saturated rings. The number of hydrogen-bond acceptors (Lipinski definition) is 4. The van der Waals surface area contributed by atoms with Crippen LogP contribution >= 0.6 is 24.2 Å². The fourth-order valence-corrected chi connectivity index (χ4v) is 4.75. The van der Waals surface area contributed by atoms with Crippen molar-refractivity contribution in [2.45, 2.75) is 29.1 Å². The molecule has 1 aromatic carbocycles. The van der Waals surface area contributed by atoms with Gasteiger partial charge in [0.1, 0.15) is 0 Å². The van der Waals surface area contributed by atoms with Crippen molar-refractivity contribution >= 4 is 34.2 Å². The summed E-state index contributed by atoms with van der Waals surface area (Å²) in [7, 11) is -1.38. The summed E-state index contributed by atoms with van der Waals surface area (Å²) in [5.41, 5.74) is 0. The number of piperidine rings is 1. The second-order valence-electron chi connectivity index (χ2n) is 5.42. The Morgan fingerprint density at radius 1 is 1.32 bits per heavy atom. The summed E-state index contributed by atoms with van der Waals surface area (Å²) in [6.07, 6.45) is 5.01. The van der Waals surface area contributed by atoms with Gasteiger partial charge in [0.15, 0.2) is 0 Å². The van der Waals surface area contributed by atoms with Crippen molar-refractivity contribution in [2.24, 2.45) is 5.92 Å². The van der Waals surface area contributed by atoms with E-state index in [1.807, 2.05) is 25.4 Å². The van der Waals surface area contributed by atoms with E-state index in [1.54, 1.807) is 28.2 Å². The normalized spacial score (nSPS) is 17.2. The molecule has 7 heteroatoms. The molecule has 1 aromatic rings. The second-order valence-corrected chi connectivity index (χ2v) is 8.24. The Bertz CT molecular complexity index is 558. The van der Waals surface area contributed by atoms with Crippen molar-refractivity contribution < 1.29 is 8.42 Å². The summed E-state index contributed by atoms with van der Waals surface area (Å²) in [5, 5.41) is 3.16. The van der Waals surface area contributed by atoms with E-state index in [2.05, 4.69) is 5.32 Å². The van der Waals surface area contributed by atoms with Gasteiger partial charge in [-0.2, -0.15) is 4.31 Å². The molecule has 1 aliphatic rings. The molecule has 0 aromatic heterocycles. The average molecular weight is 365 g/mol. The van der Waals surface area contributed by atoms with E-state index < -0.39 is 10.0 Å². The molecule has 1 N–H and O–H groups in total. The van der Waals surface area contributed by atoms with Crippen LogP contribution in [0.5, 0.6) is 0 Å². The molecule has 1 heterocycles. The van der Waals surface area contributed by atoms with Gasteiger partial charge in [-0.3, -0.25) is 0 Å². The molecule has 1 aliphatic heterocycles. The summed E-state index contributed by atoms with van der Waals surface area (Å²) in [4.78, 5) is 1.41.